The van der Waals surface area contributed by atoms with Crippen LogP contribution in [-0.4, -0.2) is 53.1 Å². The van der Waals surface area contributed by atoms with E-state index >= 15 is 0 Å². The molecule has 0 spiro atoms. The van der Waals surface area contributed by atoms with Crippen LogP contribution in [0.5, 0.6) is 0 Å². The molecule has 3 rings (SSSR count). The molecule has 1 aromatic carbocycles. The molecule has 1 amide bonds. The highest BCUT2D eigenvalue weighted by atomic mass is 35.5. The Morgan fingerprint density at radius 2 is 2.00 bits per heavy atom. The molecule has 2 aromatic rings. The summed E-state index contributed by atoms with van der Waals surface area (Å²) in [5.74, 6) is -0.0965. The van der Waals surface area contributed by atoms with Crippen molar-refractivity contribution in [1.82, 2.24) is 14.7 Å². The van der Waals surface area contributed by atoms with E-state index in [9.17, 15) is 18.0 Å². The quantitative estimate of drug-likeness (QED) is 0.691. The first kappa shape index (κ1) is 21.5. The Kier molecular flexibility index (Phi) is 6.43. The lowest BCUT2D eigenvalue weighted by Crippen LogP contribution is -2.46. The number of nitrogens with zero attached hydrogens (tertiary/aromatic N) is 3. The molecule has 9 heteroatoms. The summed E-state index contributed by atoms with van der Waals surface area (Å²) in [6.45, 7) is 4.11. The van der Waals surface area contributed by atoms with Crippen LogP contribution in [0.4, 0.5) is 0 Å². The molecule has 1 saturated heterocycles. The zero-order chi connectivity index (χ0) is 21.2. The highest BCUT2D eigenvalue weighted by molar-refractivity contribution is 7.91. The number of carbonyl (C=O) groups excluding carboxylic acids is 1. The number of carbonyl (C=O) groups is 1. The van der Waals surface area contributed by atoms with Gasteiger partial charge in [0.15, 0.2) is 9.84 Å². The fourth-order valence-electron chi connectivity index (χ4n) is 3.46. The van der Waals surface area contributed by atoms with Crippen LogP contribution < -0.4 is 5.56 Å². The summed E-state index contributed by atoms with van der Waals surface area (Å²) in [5.41, 5.74) is 0.746. The summed E-state index contributed by atoms with van der Waals surface area (Å²) < 4.78 is 24.9. The fraction of sp³-hybridized carbons (Fsp3) is 0.450. The van der Waals surface area contributed by atoms with Crippen molar-refractivity contribution in [1.29, 1.82) is 0 Å². The highest BCUT2D eigenvalue weighted by Crippen LogP contribution is 2.25. The number of benzene rings is 1. The van der Waals surface area contributed by atoms with E-state index < -0.39 is 15.4 Å². The smallest absolute Gasteiger partial charge is 0.267 e. The van der Waals surface area contributed by atoms with Crippen molar-refractivity contribution >= 4 is 27.3 Å². The lowest BCUT2D eigenvalue weighted by atomic mass is 10.1. The van der Waals surface area contributed by atoms with Crippen LogP contribution in [0.2, 0.25) is 5.02 Å². The molecule has 0 N–H and O–H groups in total. The lowest BCUT2D eigenvalue weighted by molar-refractivity contribution is -0.134. The molecule has 0 radical (unpaired) electrons. The molecule has 0 saturated carbocycles. The second-order valence-electron chi connectivity index (χ2n) is 7.69. The van der Waals surface area contributed by atoms with Crippen molar-refractivity contribution < 1.29 is 13.2 Å². The van der Waals surface area contributed by atoms with Crippen molar-refractivity contribution in [3.63, 3.8) is 0 Å². The van der Waals surface area contributed by atoms with Crippen LogP contribution in [0.1, 0.15) is 20.3 Å². The predicted molar refractivity (Wildman–Crippen MR) is 113 cm³/mol. The van der Waals surface area contributed by atoms with Crippen molar-refractivity contribution in [3.8, 4) is 11.3 Å². The molecule has 0 aliphatic carbocycles. The number of hydrogen-bond acceptors (Lipinski definition) is 5. The van der Waals surface area contributed by atoms with Gasteiger partial charge in [-0.2, -0.15) is 5.10 Å². The maximum absolute atomic E-state index is 13.0. The van der Waals surface area contributed by atoms with Gasteiger partial charge in [-0.05, 0) is 24.5 Å². The standard InChI is InChI=1S/C20H24ClN3O4S/c1-14(2)11-23(15-9-10-29(27,28)13-15)20(26)12-24-19(25)8-7-18(22-24)16-5-3-4-6-17(16)21/h3-8,14-15H,9-13H2,1-2H3. The molecule has 1 unspecified atom stereocenters. The molecule has 1 atom stereocenters. The average Bonchev–Trinajstić information content (AvgIpc) is 3.01. The van der Waals surface area contributed by atoms with Gasteiger partial charge in [0.05, 0.1) is 22.2 Å². The van der Waals surface area contributed by atoms with Crippen LogP contribution in [0.15, 0.2) is 41.2 Å². The Bertz CT molecular complexity index is 1070. The number of aromatic nitrogens is 2. The fourth-order valence-corrected chi connectivity index (χ4v) is 5.43. The molecule has 0 bridgehead atoms. The van der Waals surface area contributed by atoms with Gasteiger partial charge in [-0.15, -0.1) is 0 Å². The van der Waals surface area contributed by atoms with E-state index in [1.807, 2.05) is 19.9 Å². The molecule has 2 heterocycles. The van der Waals surface area contributed by atoms with E-state index in [1.165, 1.54) is 6.07 Å². The predicted octanol–water partition coefficient (Wildman–Crippen LogP) is 2.24. The minimum Gasteiger partial charge on any atom is -0.337 e. The second-order valence-corrected chi connectivity index (χ2v) is 10.3. The Morgan fingerprint density at radius 1 is 1.28 bits per heavy atom. The van der Waals surface area contributed by atoms with E-state index in [4.69, 9.17) is 11.6 Å². The third-order valence-electron chi connectivity index (χ3n) is 4.83. The minimum absolute atomic E-state index is 0.0343. The maximum atomic E-state index is 13.0. The van der Waals surface area contributed by atoms with Gasteiger partial charge in [-0.1, -0.05) is 43.6 Å². The molecule has 1 aromatic heterocycles. The normalized spacial score (nSPS) is 18.1. The second kappa shape index (κ2) is 8.67. The number of hydrogen-bond donors (Lipinski definition) is 0. The average molecular weight is 438 g/mol. The van der Waals surface area contributed by atoms with Crippen LogP contribution in [-0.2, 0) is 21.2 Å². The molecular formula is C20H24ClN3O4S. The van der Waals surface area contributed by atoms with Gasteiger partial charge in [0.1, 0.15) is 6.54 Å². The van der Waals surface area contributed by atoms with E-state index in [0.29, 0.717) is 29.2 Å². The SMILES string of the molecule is CC(C)CN(C(=O)Cn1nc(-c2ccccc2Cl)ccc1=O)C1CCS(=O)(=O)C1. The van der Waals surface area contributed by atoms with Crippen molar-refractivity contribution in [2.75, 3.05) is 18.1 Å². The van der Waals surface area contributed by atoms with E-state index in [1.54, 1.807) is 29.2 Å². The summed E-state index contributed by atoms with van der Waals surface area (Å²) in [6, 6.07) is 9.68. The summed E-state index contributed by atoms with van der Waals surface area (Å²) in [4.78, 5) is 26.9. The molecule has 29 heavy (non-hydrogen) atoms. The minimum atomic E-state index is -3.13. The van der Waals surface area contributed by atoms with Gasteiger partial charge in [-0.3, -0.25) is 9.59 Å². The Labute approximate surface area is 175 Å². The van der Waals surface area contributed by atoms with E-state index in [-0.39, 0.29) is 35.9 Å². The van der Waals surface area contributed by atoms with Crippen LogP contribution in [0.3, 0.4) is 0 Å². The summed E-state index contributed by atoms with van der Waals surface area (Å²) in [7, 11) is -3.13. The first-order chi connectivity index (χ1) is 13.7. The maximum Gasteiger partial charge on any atom is 0.267 e. The van der Waals surface area contributed by atoms with Gasteiger partial charge >= 0.3 is 0 Å². The van der Waals surface area contributed by atoms with Crippen LogP contribution in [0, 0.1) is 5.92 Å². The number of rotatable bonds is 6. The zero-order valence-corrected chi connectivity index (χ0v) is 18.0. The molecule has 156 valence electrons. The molecule has 1 fully saturated rings. The van der Waals surface area contributed by atoms with Crippen LogP contribution in [0.25, 0.3) is 11.3 Å². The molecule has 1 aliphatic heterocycles. The highest BCUT2D eigenvalue weighted by Gasteiger charge is 2.35. The monoisotopic (exact) mass is 437 g/mol. The van der Waals surface area contributed by atoms with Crippen molar-refractivity contribution in [2.24, 2.45) is 5.92 Å². The summed E-state index contributed by atoms with van der Waals surface area (Å²) >= 11 is 6.22. The van der Waals surface area contributed by atoms with E-state index in [0.717, 1.165) is 4.68 Å². The van der Waals surface area contributed by atoms with Gasteiger partial charge in [-0.25, -0.2) is 13.1 Å². The van der Waals surface area contributed by atoms with Crippen molar-refractivity contribution in [3.05, 3.63) is 51.8 Å². The Balaban J connectivity index is 1.87. The van der Waals surface area contributed by atoms with Crippen molar-refractivity contribution in [2.45, 2.75) is 32.9 Å². The zero-order valence-electron chi connectivity index (χ0n) is 16.4. The molecule has 7 nitrogen and oxygen atoms in total. The Morgan fingerprint density at radius 3 is 2.62 bits per heavy atom. The molecular weight excluding hydrogens is 414 g/mol. The van der Waals surface area contributed by atoms with Gasteiger partial charge < -0.3 is 4.90 Å². The van der Waals surface area contributed by atoms with Gasteiger partial charge in [0, 0.05) is 24.2 Å². The van der Waals surface area contributed by atoms with Gasteiger partial charge in [0.2, 0.25) is 5.91 Å². The van der Waals surface area contributed by atoms with E-state index in [2.05, 4.69) is 5.10 Å². The van der Waals surface area contributed by atoms with Crippen LogP contribution >= 0.6 is 11.6 Å². The third kappa shape index (κ3) is 5.25. The number of sulfone groups is 1. The first-order valence-electron chi connectivity index (χ1n) is 9.49. The topological polar surface area (TPSA) is 89.3 Å². The number of halogens is 1. The first-order valence-corrected chi connectivity index (χ1v) is 11.7. The molecule has 1 aliphatic rings. The summed E-state index contributed by atoms with van der Waals surface area (Å²) in [6.07, 6.45) is 0.419. The largest absolute Gasteiger partial charge is 0.337 e. The third-order valence-corrected chi connectivity index (χ3v) is 6.91. The Hall–Kier alpha value is -2.19. The number of amides is 1. The lowest BCUT2D eigenvalue weighted by Gasteiger charge is -2.30. The van der Waals surface area contributed by atoms with Gasteiger partial charge in [0.25, 0.3) is 5.56 Å². The summed E-state index contributed by atoms with van der Waals surface area (Å²) in [5, 5.41) is 4.81.